The molecule has 3 atom stereocenters. The fraction of sp³-hybridized carbons (Fsp3) is 0.156. The van der Waals surface area contributed by atoms with Gasteiger partial charge in [0.1, 0.15) is 11.7 Å². The molecule has 0 saturated carbocycles. The van der Waals surface area contributed by atoms with Crippen LogP contribution in [0, 0.1) is 18.7 Å². The number of amides is 2. The minimum atomic E-state index is -1.03. The van der Waals surface area contributed by atoms with Crippen molar-refractivity contribution in [1.82, 2.24) is 0 Å². The van der Waals surface area contributed by atoms with E-state index in [-0.39, 0.29) is 23.0 Å². The number of carbonyl (C=O) groups excluding carboxylic acids is 3. The van der Waals surface area contributed by atoms with Crippen LogP contribution in [-0.2, 0) is 14.4 Å². The average Bonchev–Trinajstić information content (AvgIpc) is 3.49. The van der Waals surface area contributed by atoms with Crippen molar-refractivity contribution in [3.8, 4) is 11.5 Å². The highest BCUT2D eigenvalue weighted by Gasteiger charge is 2.60. The van der Waals surface area contributed by atoms with E-state index in [2.05, 4.69) is 0 Å². The Morgan fingerprint density at radius 3 is 2.27 bits per heavy atom. The highest BCUT2D eigenvalue weighted by atomic mass is 19.1. The Morgan fingerprint density at radius 1 is 0.829 bits per heavy atom. The molecule has 6 rings (SSSR count). The number of hydroxylamine groups is 1. The van der Waals surface area contributed by atoms with Crippen molar-refractivity contribution in [2.24, 2.45) is 5.92 Å². The Kier molecular flexibility index (Phi) is 6.72. The molecule has 4 aromatic carbocycles. The molecule has 0 N–H and O–H groups in total. The van der Waals surface area contributed by atoms with Gasteiger partial charge in [0.15, 0.2) is 17.6 Å². The summed E-state index contributed by atoms with van der Waals surface area (Å²) < 4.78 is 24.4. The summed E-state index contributed by atoms with van der Waals surface area (Å²) in [7, 11) is 1.43. The van der Waals surface area contributed by atoms with Crippen molar-refractivity contribution in [1.29, 1.82) is 0 Å². The molecule has 2 aliphatic heterocycles. The number of benzene rings is 4. The summed E-state index contributed by atoms with van der Waals surface area (Å²) in [6.45, 7) is 1.89. The number of para-hydroxylation sites is 1. The van der Waals surface area contributed by atoms with Crippen LogP contribution in [-0.4, -0.2) is 31.0 Å². The fourth-order valence-corrected chi connectivity index (χ4v) is 5.27. The van der Waals surface area contributed by atoms with Gasteiger partial charge in [0.05, 0.1) is 30.1 Å². The van der Waals surface area contributed by atoms with Gasteiger partial charge in [0.25, 0.3) is 5.91 Å². The van der Waals surface area contributed by atoms with E-state index in [9.17, 15) is 18.8 Å². The normalized spacial score (nSPS) is 19.8. The third kappa shape index (κ3) is 4.70. The lowest BCUT2D eigenvalue weighted by Crippen LogP contribution is -2.37. The fourth-order valence-electron chi connectivity index (χ4n) is 5.27. The van der Waals surface area contributed by atoms with Crippen molar-refractivity contribution >= 4 is 29.2 Å². The first-order chi connectivity index (χ1) is 19.9. The predicted octanol–water partition coefficient (Wildman–Crippen LogP) is 5.41. The second-order valence-electron chi connectivity index (χ2n) is 9.82. The zero-order valence-corrected chi connectivity index (χ0v) is 22.2. The van der Waals surface area contributed by atoms with Crippen LogP contribution in [0.5, 0.6) is 11.5 Å². The number of carbonyl (C=O) groups is 3. The summed E-state index contributed by atoms with van der Waals surface area (Å²) in [5.41, 5.74) is 2.86. The van der Waals surface area contributed by atoms with Crippen molar-refractivity contribution in [2.45, 2.75) is 19.1 Å². The van der Waals surface area contributed by atoms with Gasteiger partial charge < -0.3 is 9.47 Å². The van der Waals surface area contributed by atoms with E-state index in [0.29, 0.717) is 16.9 Å². The zero-order chi connectivity index (χ0) is 28.7. The van der Waals surface area contributed by atoms with Gasteiger partial charge in [-0.1, -0.05) is 36.4 Å². The van der Waals surface area contributed by atoms with Crippen LogP contribution in [0.4, 0.5) is 15.8 Å². The SMILES string of the molecule is COc1cc([C@@H]2[C@@H]3C(=O)N(c4cccc(C)c4)C(=O)[C@H]3ON2c2ccccc2)ccc1OC(=O)c1ccc(F)cc1. The number of methoxy groups -OCH3 is 1. The van der Waals surface area contributed by atoms with E-state index in [0.717, 1.165) is 5.56 Å². The summed E-state index contributed by atoms with van der Waals surface area (Å²) in [5, 5.41) is 1.58. The Balaban J connectivity index is 1.37. The maximum Gasteiger partial charge on any atom is 0.343 e. The molecule has 206 valence electrons. The van der Waals surface area contributed by atoms with E-state index in [1.54, 1.807) is 41.5 Å². The number of hydrogen-bond acceptors (Lipinski definition) is 7. The first kappa shape index (κ1) is 26.2. The summed E-state index contributed by atoms with van der Waals surface area (Å²) >= 11 is 0. The Bertz CT molecular complexity index is 1640. The van der Waals surface area contributed by atoms with Crippen LogP contribution in [0.1, 0.15) is 27.5 Å². The van der Waals surface area contributed by atoms with Gasteiger partial charge in [0, 0.05) is 0 Å². The molecule has 2 aliphatic rings. The van der Waals surface area contributed by atoms with Gasteiger partial charge >= 0.3 is 5.97 Å². The number of aryl methyl sites for hydroxylation is 1. The molecule has 0 spiro atoms. The van der Waals surface area contributed by atoms with Crippen molar-refractivity contribution in [3.63, 3.8) is 0 Å². The predicted molar refractivity (Wildman–Crippen MR) is 148 cm³/mol. The van der Waals surface area contributed by atoms with E-state index >= 15 is 0 Å². The molecule has 4 aromatic rings. The number of anilines is 2. The molecule has 2 heterocycles. The Hall–Kier alpha value is -5.02. The molecule has 2 amide bonds. The second-order valence-corrected chi connectivity index (χ2v) is 9.82. The van der Waals surface area contributed by atoms with Crippen LogP contribution in [0.25, 0.3) is 0 Å². The highest BCUT2D eigenvalue weighted by molar-refractivity contribution is 6.24. The first-order valence-electron chi connectivity index (χ1n) is 13.0. The van der Waals surface area contributed by atoms with Gasteiger partial charge in [-0.2, -0.15) is 0 Å². The molecule has 0 aliphatic carbocycles. The van der Waals surface area contributed by atoms with Gasteiger partial charge in [-0.25, -0.2) is 19.1 Å². The van der Waals surface area contributed by atoms with E-state index in [1.165, 1.54) is 36.3 Å². The minimum absolute atomic E-state index is 0.141. The molecule has 0 radical (unpaired) electrons. The number of esters is 1. The molecular formula is C32H25FN2O6. The third-order valence-electron chi connectivity index (χ3n) is 7.20. The summed E-state index contributed by atoms with van der Waals surface area (Å²) in [5.74, 6) is -2.43. The maximum absolute atomic E-state index is 13.9. The summed E-state index contributed by atoms with van der Waals surface area (Å²) in [6, 6.07) is 25.6. The van der Waals surface area contributed by atoms with E-state index < -0.39 is 35.8 Å². The van der Waals surface area contributed by atoms with Crippen LogP contribution in [0.3, 0.4) is 0 Å². The standard InChI is InChI=1S/C32H25FN2O6/c1-19-7-6-10-24(17-19)34-30(36)27-28(35(41-29(27)31(34)37)23-8-4-3-5-9-23)21-13-16-25(26(18-21)39-2)40-32(38)20-11-14-22(33)15-12-20/h3-18,27-29H,1-2H3/t27-,28+,29-/m0/s1. The quantitative estimate of drug-likeness (QED) is 0.180. The van der Waals surface area contributed by atoms with Gasteiger partial charge in [0.2, 0.25) is 5.91 Å². The third-order valence-corrected chi connectivity index (χ3v) is 7.20. The van der Waals surface area contributed by atoms with Crippen LogP contribution in [0.15, 0.2) is 97.1 Å². The van der Waals surface area contributed by atoms with E-state index in [1.807, 2.05) is 43.3 Å². The molecule has 0 aromatic heterocycles. The molecule has 9 heteroatoms. The molecule has 41 heavy (non-hydrogen) atoms. The number of hydrogen-bond donors (Lipinski definition) is 0. The number of rotatable bonds is 6. The van der Waals surface area contributed by atoms with Crippen LogP contribution >= 0.6 is 0 Å². The molecule has 0 bridgehead atoms. The second kappa shape index (κ2) is 10.5. The number of imide groups is 1. The minimum Gasteiger partial charge on any atom is -0.493 e. The molecule has 2 fully saturated rings. The highest BCUT2D eigenvalue weighted by Crippen LogP contribution is 2.48. The molecule has 2 saturated heterocycles. The van der Waals surface area contributed by atoms with Crippen LogP contribution in [0.2, 0.25) is 0 Å². The lowest BCUT2D eigenvalue weighted by atomic mass is 9.90. The van der Waals surface area contributed by atoms with Crippen molar-refractivity contribution < 1.29 is 33.1 Å². The lowest BCUT2D eigenvalue weighted by molar-refractivity contribution is -0.126. The summed E-state index contributed by atoms with van der Waals surface area (Å²) in [4.78, 5) is 47.5. The number of fused-ring (bicyclic) bond motifs is 1. The first-order valence-corrected chi connectivity index (χ1v) is 13.0. The van der Waals surface area contributed by atoms with Gasteiger partial charge in [-0.05, 0) is 78.7 Å². The molecule has 0 unspecified atom stereocenters. The Morgan fingerprint density at radius 2 is 1.56 bits per heavy atom. The van der Waals surface area contributed by atoms with Crippen molar-refractivity contribution in [3.05, 3.63) is 120 Å². The summed E-state index contributed by atoms with van der Waals surface area (Å²) in [6.07, 6.45) is -1.03. The molecular weight excluding hydrogens is 527 g/mol. The smallest absolute Gasteiger partial charge is 0.343 e. The van der Waals surface area contributed by atoms with Crippen molar-refractivity contribution in [2.75, 3.05) is 17.1 Å². The average molecular weight is 553 g/mol. The number of halogens is 1. The monoisotopic (exact) mass is 552 g/mol. The lowest BCUT2D eigenvalue weighted by Gasteiger charge is -2.29. The van der Waals surface area contributed by atoms with Gasteiger partial charge in [-0.3, -0.25) is 14.4 Å². The zero-order valence-electron chi connectivity index (χ0n) is 22.2. The maximum atomic E-state index is 13.9. The van der Waals surface area contributed by atoms with Crippen LogP contribution < -0.4 is 19.4 Å². The topological polar surface area (TPSA) is 85.4 Å². The number of ether oxygens (including phenoxy) is 2. The largest absolute Gasteiger partial charge is 0.493 e. The van der Waals surface area contributed by atoms with E-state index in [4.69, 9.17) is 14.3 Å². The van der Waals surface area contributed by atoms with Gasteiger partial charge in [-0.15, -0.1) is 0 Å². The molecule has 8 nitrogen and oxygen atoms in total. The Labute approximate surface area is 235 Å². The number of nitrogens with zero attached hydrogens (tertiary/aromatic N) is 2.